The predicted molar refractivity (Wildman–Crippen MR) is 72.8 cm³/mol. The van der Waals surface area contributed by atoms with E-state index in [2.05, 4.69) is 21.0 Å². The van der Waals surface area contributed by atoms with E-state index in [0.717, 1.165) is 17.4 Å². The van der Waals surface area contributed by atoms with Crippen molar-refractivity contribution in [3.8, 4) is 0 Å². The number of aliphatic hydroxyl groups is 1. The Labute approximate surface area is 107 Å². The van der Waals surface area contributed by atoms with Crippen molar-refractivity contribution in [3.63, 3.8) is 0 Å². The van der Waals surface area contributed by atoms with Crippen LogP contribution in [0.4, 0.5) is 0 Å². The van der Waals surface area contributed by atoms with Gasteiger partial charge in [-0.15, -0.1) is 0 Å². The highest BCUT2D eigenvalue weighted by atomic mass is 16.5. The van der Waals surface area contributed by atoms with E-state index in [1.807, 2.05) is 6.92 Å². The van der Waals surface area contributed by atoms with Crippen molar-refractivity contribution in [2.75, 3.05) is 27.7 Å². The Balaban J connectivity index is 3.96. The fraction of sp³-hybridized carbons (Fsp3) is 1.00. The van der Waals surface area contributed by atoms with Gasteiger partial charge in [-0.25, -0.2) is 0 Å². The molecule has 0 saturated heterocycles. The molecular formula is C14H32NO2+. The summed E-state index contributed by atoms with van der Waals surface area (Å²) in [6.07, 6.45) is 7.48. The van der Waals surface area contributed by atoms with Crippen LogP contribution in [0, 0.1) is 0 Å². The van der Waals surface area contributed by atoms with Gasteiger partial charge in [-0.3, -0.25) is 0 Å². The minimum Gasteiger partial charge on any atom is -0.388 e. The fourth-order valence-electron chi connectivity index (χ4n) is 2.47. The number of hydrogen-bond acceptors (Lipinski definition) is 2. The molecule has 0 aliphatic carbocycles. The Morgan fingerprint density at radius 3 is 2.18 bits per heavy atom. The molecule has 0 aromatic carbocycles. The number of unbranched alkanes of at least 4 members (excludes halogenated alkanes) is 4. The van der Waals surface area contributed by atoms with E-state index in [0.29, 0.717) is 0 Å². The minimum atomic E-state index is -0.275. The first kappa shape index (κ1) is 16.9. The third-order valence-corrected chi connectivity index (χ3v) is 3.34. The average molecular weight is 246 g/mol. The number of rotatable bonds is 10. The van der Waals surface area contributed by atoms with Gasteiger partial charge in [0.25, 0.3) is 0 Å². The van der Waals surface area contributed by atoms with Crippen molar-refractivity contribution >= 4 is 0 Å². The predicted octanol–water partition coefficient (Wildman–Crippen LogP) is 2.78. The van der Waals surface area contributed by atoms with Gasteiger partial charge in [-0.1, -0.05) is 32.6 Å². The normalized spacial score (nSPS) is 15.9. The third kappa shape index (κ3) is 7.74. The summed E-state index contributed by atoms with van der Waals surface area (Å²) in [5.74, 6) is 0. The zero-order chi connectivity index (χ0) is 13.3. The molecule has 3 heteroatoms. The molecule has 2 atom stereocenters. The molecule has 0 rings (SSSR count). The van der Waals surface area contributed by atoms with Crippen LogP contribution in [0.15, 0.2) is 0 Å². The maximum absolute atomic E-state index is 9.50. The molecule has 0 aliphatic rings. The topological polar surface area (TPSA) is 29.5 Å². The zero-order valence-corrected chi connectivity index (χ0v) is 12.4. The van der Waals surface area contributed by atoms with Gasteiger partial charge in [0.15, 0.2) is 6.23 Å². The van der Waals surface area contributed by atoms with Crippen molar-refractivity contribution in [2.45, 2.75) is 64.7 Å². The van der Waals surface area contributed by atoms with Gasteiger partial charge >= 0.3 is 0 Å². The molecular weight excluding hydrogens is 214 g/mol. The maximum Gasteiger partial charge on any atom is 0.192 e. The van der Waals surface area contributed by atoms with Crippen LogP contribution in [0.25, 0.3) is 0 Å². The van der Waals surface area contributed by atoms with Crippen molar-refractivity contribution in [1.82, 2.24) is 0 Å². The summed E-state index contributed by atoms with van der Waals surface area (Å²) >= 11 is 0. The van der Waals surface area contributed by atoms with Gasteiger partial charge in [0.2, 0.25) is 0 Å². The van der Waals surface area contributed by atoms with Crippen LogP contribution in [0.1, 0.15) is 52.4 Å². The van der Waals surface area contributed by atoms with Crippen molar-refractivity contribution in [1.29, 1.82) is 0 Å². The Morgan fingerprint density at radius 1 is 1.12 bits per heavy atom. The smallest absolute Gasteiger partial charge is 0.192 e. The van der Waals surface area contributed by atoms with E-state index in [-0.39, 0.29) is 12.3 Å². The minimum absolute atomic E-state index is 0.200. The molecule has 0 amide bonds. The van der Waals surface area contributed by atoms with Crippen LogP contribution in [0.3, 0.4) is 0 Å². The van der Waals surface area contributed by atoms with E-state index in [9.17, 15) is 5.11 Å². The van der Waals surface area contributed by atoms with Crippen LogP contribution in [-0.2, 0) is 4.74 Å². The second kappa shape index (κ2) is 8.90. The van der Waals surface area contributed by atoms with E-state index in [4.69, 9.17) is 4.74 Å². The summed E-state index contributed by atoms with van der Waals surface area (Å²) in [5, 5.41) is 9.50. The molecule has 0 heterocycles. The molecule has 0 radical (unpaired) electrons. The number of aliphatic hydroxyl groups excluding tert-OH is 1. The van der Waals surface area contributed by atoms with Crippen molar-refractivity contribution in [2.24, 2.45) is 0 Å². The van der Waals surface area contributed by atoms with E-state index in [1.165, 1.54) is 32.1 Å². The lowest BCUT2D eigenvalue weighted by Crippen LogP contribution is -2.53. The Bertz CT molecular complexity index is 181. The van der Waals surface area contributed by atoms with Gasteiger partial charge in [-0.2, -0.15) is 0 Å². The highest BCUT2D eigenvalue weighted by Crippen LogP contribution is 2.17. The fourth-order valence-corrected chi connectivity index (χ4v) is 2.47. The molecule has 104 valence electrons. The summed E-state index contributed by atoms with van der Waals surface area (Å²) in [4.78, 5) is 0. The molecule has 0 aromatic rings. The Hall–Kier alpha value is -0.120. The molecule has 0 fully saturated rings. The zero-order valence-electron chi connectivity index (χ0n) is 12.4. The number of nitrogens with zero attached hydrogens (tertiary/aromatic N) is 1. The SMILES string of the molecule is CCCCCCCC(OC)[N+](C)(C)CC(C)O. The van der Waals surface area contributed by atoms with E-state index >= 15 is 0 Å². The molecule has 0 saturated carbocycles. The highest BCUT2D eigenvalue weighted by Gasteiger charge is 2.28. The second-order valence-electron chi connectivity index (χ2n) is 5.70. The first-order chi connectivity index (χ1) is 7.94. The summed E-state index contributed by atoms with van der Waals surface area (Å²) < 4.78 is 6.32. The number of likely N-dealkylation sites (N-methyl/N-ethyl adjacent to an activating group) is 1. The number of ether oxygens (including phenoxy) is 1. The van der Waals surface area contributed by atoms with Crippen molar-refractivity contribution in [3.05, 3.63) is 0 Å². The van der Waals surface area contributed by atoms with Gasteiger partial charge in [0, 0.05) is 13.5 Å². The third-order valence-electron chi connectivity index (χ3n) is 3.34. The summed E-state index contributed by atoms with van der Waals surface area (Å²) in [6.45, 7) is 4.82. The second-order valence-corrected chi connectivity index (χ2v) is 5.70. The summed E-state index contributed by atoms with van der Waals surface area (Å²) in [6, 6.07) is 0. The molecule has 0 spiro atoms. The van der Waals surface area contributed by atoms with Crippen LogP contribution >= 0.6 is 0 Å². The largest absolute Gasteiger partial charge is 0.388 e. The molecule has 0 bridgehead atoms. The monoisotopic (exact) mass is 246 g/mol. The maximum atomic E-state index is 9.50. The lowest BCUT2D eigenvalue weighted by molar-refractivity contribution is -0.939. The number of hydrogen-bond donors (Lipinski definition) is 1. The van der Waals surface area contributed by atoms with Crippen LogP contribution in [-0.4, -0.2) is 49.7 Å². The lowest BCUT2D eigenvalue weighted by Gasteiger charge is -2.37. The standard InChI is InChI=1S/C14H32NO2/c1-6-7-8-9-10-11-14(17-5)15(3,4)12-13(2)16/h13-14,16H,6-12H2,1-5H3/q+1. The van der Waals surface area contributed by atoms with E-state index < -0.39 is 0 Å². The first-order valence-corrected chi connectivity index (χ1v) is 6.97. The molecule has 1 N–H and O–H groups in total. The lowest BCUT2D eigenvalue weighted by atomic mass is 10.1. The van der Waals surface area contributed by atoms with Gasteiger partial charge in [-0.05, 0) is 13.3 Å². The first-order valence-electron chi connectivity index (χ1n) is 6.97. The van der Waals surface area contributed by atoms with Crippen LogP contribution in [0.2, 0.25) is 0 Å². The van der Waals surface area contributed by atoms with E-state index in [1.54, 1.807) is 7.11 Å². The van der Waals surface area contributed by atoms with Crippen molar-refractivity contribution < 1.29 is 14.3 Å². The highest BCUT2D eigenvalue weighted by molar-refractivity contribution is 4.52. The summed E-state index contributed by atoms with van der Waals surface area (Å²) in [7, 11) is 6.04. The average Bonchev–Trinajstić information content (AvgIpc) is 2.21. The molecule has 17 heavy (non-hydrogen) atoms. The Kier molecular flexibility index (Phi) is 8.83. The number of quaternary nitrogens is 1. The number of methoxy groups -OCH3 is 1. The Morgan fingerprint density at radius 2 is 1.71 bits per heavy atom. The molecule has 2 unspecified atom stereocenters. The van der Waals surface area contributed by atoms with Crippen LogP contribution in [0.5, 0.6) is 0 Å². The van der Waals surface area contributed by atoms with Gasteiger partial charge < -0.3 is 14.3 Å². The summed E-state index contributed by atoms with van der Waals surface area (Å²) in [5.41, 5.74) is 0. The molecule has 0 aromatic heterocycles. The quantitative estimate of drug-likeness (QED) is 0.365. The van der Waals surface area contributed by atoms with Crippen LogP contribution < -0.4 is 0 Å². The van der Waals surface area contributed by atoms with Gasteiger partial charge in [0.05, 0.1) is 14.1 Å². The molecule has 0 aliphatic heterocycles. The van der Waals surface area contributed by atoms with Gasteiger partial charge in [0.1, 0.15) is 12.6 Å². The molecule has 3 nitrogen and oxygen atoms in total.